The maximum Gasteiger partial charge on any atom is 0.0786 e. The van der Waals surface area contributed by atoms with Crippen molar-refractivity contribution < 1.29 is 61.3 Å². The summed E-state index contributed by atoms with van der Waals surface area (Å²) in [5.41, 5.74) is 3.71. The van der Waals surface area contributed by atoms with Crippen LogP contribution >= 0.6 is 0 Å². The molecule has 12 N–H and O–H groups in total. The topological polar surface area (TPSA) is 243 Å². The van der Waals surface area contributed by atoms with Gasteiger partial charge in [-0.1, -0.05) is 129 Å². The molecule has 0 aromatic heterocycles. The molecule has 0 aliphatic heterocycles. The average Bonchev–Trinajstić information content (AvgIpc) is 1.71. The van der Waals surface area contributed by atoms with Gasteiger partial charge in [0, 0.05) is 26.4 Å². The number of aliphatic hydroxyl groups is 12. The van der Waals surface area contributed by atoms with E-state index in [9.17, 15) is 61.3 Å². The summed E-state index contributed by atoms with van der Waals surface area (Å²) in [7, 11) is 0. The van der Waals surface area contributed by atoms with Crippen LogP contribution in [-0.2, 0) is 0 Å². The van der Waals surface area contributed by atoms with Gasteiger partial charge in [0.05, 0.1) is 48.8 Å². The Bertz CT molecular complexity index is 3060. The molecule has 0 amide bonds. The van der Waals surface area contributed by atoms with Gasteiger partial charge < -0.3 is 61.3 Å². The Labute approximate surface area is 702 Å². The zero-order valence-corrected chi connectivity index (χ0v) is 76.3. The third-order valence-electron chi connectivity index (χ3n) is 43.2. The maximum atomic E-state index is 11.7. The van der Waals surface area contributed by atoms with Gasteiger partial charge in [0.25, 0.3) is 0 Å². The third kappa shape index (κ3) is 15.8. The second kappa shape index (κ2) is 36.3. The molecule has 16 rings (SSSR count). The van der Waals surface area contributed by atoms with Gasteiger partial charge in [0.15, 0.2) is 0 Å². The molecule has 43 atom stereocenters. The molecule has 0 spiro atoms. The summed E-state index contributed by atoms with van der Waals surface area (Å²) < 4.78 is 0. The van der Waals surface area contributed by atoms with E-state index in [-0.39, 0.29) is 54.2 Å². The fourth-order valence-electron chi connectivity index (χ4n) is 37.5. The fourth-order valence-corrected chi connectivity index (χ4v) is 37.5. The van der Waals surface area contributed by atoms with Crippen molar-refractivity contribution in [2.45, 2.75) is 404 Å². The quantitative estimate of drug-likeness (QED) is 0.0574. The Hall–Kier alpha value is -0.740. The number of aliphatic hydroxyl groups excluding tert-OH is 12. The van der Waals surface area contributed by atoms with Crippen LogP contribution in [0.15, 0.2) is 11.6 Å². The van der Waals surface area contributed by atoms with Crippen molar-refractivity contribution in [2.24, 2.45) is 203 Å². The van der Waals surface area contributed by atoms with Crippen LogP contribution in [0.4, 0.5) is 0 Å². The zero-order valence-electron chi connectivity index (χ0n) is 76.3. The highest BCUT2D eigenvalue weighted by Crippen LogP contribution is 2.75. The lowest BCUT2D eigenvalue weighted by molar-refractivity contribution is -0.203. The van der Waals surface area contributed by atoms with E-state index < -0.39 is 0 Å². The molecule has 0 heterocycles. The van der Waals surface area contributed by atoms with Crippen molar-refractivity contribution in [3.05, 3.63) is 11.6 Å². The average molecular weight is 1610 g/mol. The molecule has 16 aliphatic rings. The van der Waals surface area contributed by atoms with Gasteiger partial charge in [-0.25, -0.2) is 0 Å². The van der Waals surface area contributed by atoms with Gasteiger partial charge in [-0.05, 0) is 440 Å². The lowest BCUT2D eigenvalue weighted by Gasteiger charge is -2.64. The summed E-state index contributed by atoms with van der Waals surface area (Å²) in [6.45, 7) is 39.8. The number of hydrogen-bond acceptors (Lipinski definition) is 12. The number of allylic oxidation sites excluding steroid dienone is 1. The molecule has 16 aliphatic carbocycles. The number of rotatable bonds is 18. The largest absolute Gasteiger partial charge is 0.396 e. The Morgan fingerprint density at radius 2 is 0.548 bits per heavy atom. The number of fused-ring (bicyclic) bond motifs is 20. The highest BCUT2D eigenvalue weighted by Gasteiger charge is 2.70. The van der Waals surface area contributed by atoms with Crippen molar-refractivity contribution in [3.8, 4) is 0 Å². The Morgan fingerprint density at radius 3 is 0.826 bits per heavy atom. The minimum Gasteiger partial charge on any atom is -0.396 e. The molecule has 0 saturated heterocycles. The van der Waals surface area contributed by atoms with E-state index in [0.717, 1.165) is 159 Å². The van der Waals surface area contributed by atoms with Gasteiger partial charge in [-0.15, -0.1) is 0 Å². The standard InChI is InChI=1S/2C26H46O3.C26H44O3.C25H44O3/c3*1-5-18-22-15-17(28)10-12-26(22,4)21-11-13-25(3)19(16(2)7-6-14-27)8-9-20(25)23(21)24(18)29;1-5-17-21-14-16(27)8-11-25(21,4)20-9-12-24(3)18(15(2)10-13-26)6-7-19(24)22(20)23(17)28/h2*16-24,27-29H,5-15H2,1-4H3;5,16-17,19-24,27-29H,6-15H2,1-4H3;15-23,26-28H,5-14H2,1-4H3/b;;18-5+;/t16-,17-,18+,19-,20?,21?,22+,23?,24-,25-,26-;16-,17-,18-,19-,20?,21?,22+,23?,24-,25-,26-;16-,17-,19-,20?,21?,22+,23?,24+,25-,26-;15-,16-,17-,18-,19?,20?,21+,22?,23-,24-,25-/m1111/s1. The lowest BCUT2D eigenvalue weighted by atomic mass is 9.41. The molecule has 16 saturated carbocycles. The lowest BCUT2D eigenvalue weighted by Crippen LogP contribution is -2.62. The summed E-state index contributed by atoms with van der Waals surface area (Å²) in [5, 5.41) is 126. The third-order valence-corrected chi connectivity index (χ3v) is 43.2. The zero-order chi connectivity index (χ0) is 83.2. The second-order valence-corrected chi connectivity index (χ2v) is 47.1. The molecule has 0 bridgehead atoms. The van der Waals surface area contributed by atoms with Gasteiger partial charge in [0.1, 0.15) is 0 Å². The first-order chi connectivity index (χ1) is 54.6. The predicted molar refractivity (Wildman–Crippen MR) is 464 cm³/mol. The summed E-state index contributed by atoms with van der Waals surface area (Å²) in [6, 6.07) is 0. The summed E-state index contributed by atoms with van der Waals surface area (Å²) in [5.74, 6) is 15.0. The highest BCUT2D eigenvalue weighted by molar-refractivity contribution is 5.27. The first-order valence-electron chi connectivity index (χ1n) is 50.1. The van der Waals surface area contributed by atoms with E-state index in [1.807, 2.05) is 0 Å². The first kappa shape index (κ1) is 91.9. The number of hydrogen-bond donors (Lipinski definition) is 12. The van der Waals surface area contributed by atoms with Crippen LogP contribution in [0.1, 0.15) is 355 Å². The van der Waals surface area contributed by atoms with Crippen molar-refractivity contribution in [2.75, 3.05) is 26.4 Å². The van der Waals surface area contributed by atoms with E-state index in [4.69, 9.17) is 0 Å². The monoisotopic (exact) mass is 1610 g/mol. The molecule has 12 nitrogen and oxygen atoms in total. The van der Waals surface area contributed by atoms with E-state index in [2.05, 4.69) is 117 Å². The molecule has 115 heavy (non-hydrogen) atoms. The Morgan fingerprint density at radius 1 is 0.296 bits per heavy atom. The van der Waals surface area contributed by atoms with Crippen LogP contribution in [0, 0.1) is 203 Å². The molecule has 12 heteroatoms. The minimum absolute atomic E-state index is 0.164. The highest BCUT2D eigenvalue weighted by atomic mass is 16.3. The summed E-state index contributed by atoms with van der Waals surface area (Å²) in [6.07, 6.45) is 43.0. The summed E-state index contributed by atoms with van der Waals surface area (Å²) >= 11 is 0. The SMILES string of the molecule is C/C=C1/[C@H](O)C2C3CC[C@H]([C@H](C)CCCO)[C@@]3(C)CCC2[C@@]2(C)CC[C@@H](O)C[C@@H]12.CC[C@@H]1[C@@H](O)C2C3CC[C@H]([C@H](C)CCCO)[C@@]3(C)CCC2[C@@]2(C)CC[C@@H](O)C[C@@H]12.CC[C@H]1[C@@H](O)C2C3CC[C@H]([C@H](C)CCCO)[C@@]3(C)CCC2[C@@]2(C)CC[C@@H](O)C[C@@H]12.CC[C@H]1[C@@H](O)C2C3CC[C@H]([C@H](C)CCO)[C@@]3(C)CCC2[C@@]2(C)CC[C@@H](O)C[C@@H]12. The smallest absolute Gasteiger partial charge is 0.0786 e. The van der Waals surface area contributed by atoms with E-state index in [1.165, 1.54) is 108 Å². The van der Waals surface area contributed by atoms with Gasteiger partial charge in [-0.3, -0.25) is 0 Å². The molecule has 16 fully saturated rings. The Kier molecular flexibility index (Phi) is 29.0. The fraction of sp³-hybridized carbons (Fsp3) is 0.981. The van der Waals surface area contributed by atoms with Crippen LogP contribution < -0.4 is 0 Å². The molecular formula is C103H180O12. The van der Waals surface area contributed by atoms with Crippen LogP contribution in [0.25, 0.3) is 0 Å². The molecule has 0 aromatic rings. The van der Waals surface area contributed by atoms with Crippen LogP contribution in [0.5, 0.6) is 0 Å². The molecule has 12 unspecified atom stereocenters. The Balaban J connectivity index is 0.000000134. The summed E-state index contributed by atoms with van der Waals surface area (Å²) in [4.78, 5) is 0. The van der Waals surface area contributed by atoms with Crippen LogP contribution in [-0.4, -0.2) is 137 Å². The predicted octanol–water partition coefficient (Wildman–Crippen LogP) is 19.6. The van der Waals surface area contributed by atoms with Crippen LogP contribution in [0.2, 0.25) is 0 Å². The van der Waals surface area contributed by atoms with Crippen LogP contribution in [0.3, 0.4) is 0 Å². The van der Waals surface area contributed by atoms with Gasteiger partial charge in [0.2, 0.25) is 0 Å². The molecule has 0 radical (unpaired) electrons. The van der Waals surface area contributed by atoms with Gasteiger partial charge in [-0.2, -0.15) is 0 Å². The van der Waals surface area contributed by atoms with Crippen molar-refractivity contribution >= 4 is 0 Å². The maximum absolute atomic E-state index is 11.7. The van der Waals surface area contributed by atoms with Crippen molar-refractivity contribution in [1.29, 1.82) is 0 Å². The molecule has 664 valence electrons. The normalized spacial score (nSPS) is 53.1. The first-order valence-corrected chi connectivity index (χ1v) is 50.1. The van der Waals surface area contributed by atoms with Crippen molar-refractivity contribution in [1.82, 2.24) is 0 Å². The van der Waals surface area contributed by atoms with E-state index in [0.29, 0.717) is 206 Å². The second-order valence-electron chi connectivity index (χ2n) is 47.1. The van der Waals surface area contributed by atoms with Crippen molar-refractivity contribution in [3.63, 3.8) is 0 Å². The van der Waals surface area contributed by atoms with E-state index in [1.54, 1.807) is 0 Å². The van der Waals surface area contributed by atoms with E-state index >= 15 is 0 Å². The van der Waals surface area contributed by atoms with Gasteiger partial charge >= 0.3 is 0 Å². The molecular weight excluding hydrogens is 1430 g/mol. The minimum atomic E-state index is -0.329. The molecule has 0 aromatic carbocycles.